The summed E-state index contributed by atoms with van der Waals surface area (Å²) in [6, 6.07) is 0.659. The van der Waals surface area contributed by atoms with Crippen LogP contribution >= 0.6 is 0 Å². The number of ether oxygens (including phenoxy) is 1. The lowest BCUT2D eigenvalue weighted by atomic mass is 9.92. The van der Waals surface area contributed by atoms with Crippen molar-refractivity contribution in [3.63, 3.8) is 0 Å². The Morgan fingerprint density at radius 1 is 0.700 bits per heavy atom. The molecule has 30 heavy (non-hydrogen) atoms. The first-order chi connectivity index (χ1) is 14.6. The molecule has 4 aliphatic heterocycles. The average Bonchev–Trinajstić information content (AvgIpc) is 3.03. The van der Waals surface area contributed by atoms with E-state index in [0.29, 0.717) is 31.1 Å². The van der Waals surface area contributed by atoms with E-state index in [-0.39, 0.29) is 12.0 Å². The number of piperidine rings is 2. The van der Waals surface area contributed by atoms with Gasteiger partial charge in [-0.15, -0.1) is 0 Å². The third-order valence-electron chi connectivity index (χ3n) is 7.80. The van der Waals surface area contributed by atoms with Gasteiger partial charge in [-0.05, 0) is 65.2 Å². The van der Waals surface area contributed by atoms with Crippen LogP contribution in [0.2, 0.25) is 0 Å². The van der Waals surface area contributed by atoms with Gasteiger partial charge in [0.15, 0.2) is 0 Å². The maximum absolute atomic E-state index is 13.1. The Morgan fingerprint density at radius 2 is 1.37 bits per heavy atom. The number of hydrogen-bond donors (Lipinski definition) is 0. The number of rotatable bonds is 3. The fourth-order valence-electron chi connectivity index (χ4n) is 5.78. The zero-order chi connectivity index (χ0) is 20.9. The van der Waals surface area contributed by atoms with E-state index in [0.717, 1.165) is 77.9 Å². The van der Waals surface area contributed by atoms with Crippen LogP contribution in [0.1, 0.15) is 51.4 Å². The number of likely N-dealkylation sites (tertiary alicyclic amines) is 3. The molecule has 0 aromatic rings. The van der Waals surface area contributed by atoms with E-state index in [1.165, 1.54) is 19.3 Å². The first-order valence-corrected chi connectivity index (χ1v) is 12.2. The summed E-state index contributed by atoms with van der Waals surface area (Å²) < 4.78 is 5.38. The third kappa shape index (κ3) is 5.17. The Balaban J connectivity index is 1.21. The van der Waals surface area contributed by atoms with Gasteiger partial charge in [0.2, 0.25) is 11.8 Å². The molecule has 0 aromatic carbocycles. The number of hydrogen-bond acceptors (Lipinski definition) is 5. The number of morpholine rings is 1. The highest BCUT2D eigenvalue weighted by Gasteiger charge is 2.35. The van der Waals surface area contributed by atoms with E-state index in [1.807, 2.05) is 4.90 Å². The lowest BCUT2D eigenvalue weighted by molar-refractivity contribution is -0.142. The van der Waals surface area contributed by atoms with Gasteiger partial charge in [-0.25, -0.2) is 0 Å². The van der Waals surface area contributed by atoms with Crippen molar-refractivity contribution in [1.82, 2.24) is 19.6 Å². The summed E-state index contributed by atoms with van der Waals surface area (Å²) in [5, 5.41) is 0. The zero-order valence-electron chi connectivity index (χ0n) is 18.8. The van der Waals surface area contributed by atoms with Gasteiger partial charge in [0, 0.05) is 38.1 Å². The molecule has 4 aliphatic rings. The van der Waals surface area contributed by atoms with Gasteiger partial charge in [0.25, 0.3) is 0 Å². The van der Waals surface area contributed by atoms with Gasteiger partial charge in [-0.2, -0.15) is 0 Å². The molecule has 2 amide bonds. The smallest absolute Gasteiger partial charge is 0.239 e. The molecule has 4 fully saturated rings. The molecule has 4 heterocycles. The van der Waals surface area contributed by atoms with E-state index in [1.54, 1.807) is 0 Å². The number of carbonyl (C=O) groups is 2. The average molecular weight is 421 g/mol. The highest BCUT2D eigenvalue weighted by molar-refractivity contribution is 5.82. The summed E-state index contributed by atoms with van der Waals surface area (Å²) >= 11 is 0. The minimum atomic E-state index is 0.0889. The monoisotopic (exact) mass is 420 g/mol. The van der Waals surface area contributed by atoms with Crippen molar-refractivity contribution in [3.8, 4) is 0 Å². The van der Waals surface area contributed by atoms with E-state index < -0.39 is 0 Å². The van der Waals surface area contributed by atoms with Crippen molar-refractivity contribution in [2.45, 2.75) is 63.5 Å². The maximum Gasteiger partial charge on any atom is 0.239 e. The molecular formula is C23H40N4O3. The van der Waals surface area contributed by atoms with Crippen LogP contribution in [-0.4, -0.2) is 110 Å². The number of nitrogens with zero attached hydrogens (tertiary/aromatic N) is 4. The van der Waals surface area contributed by atoms with Crippen molar-refractivity contribution >= 4 is 11.8 Å². The summed E-state index contributed by atoms with van der Waals surface area (Å²) in [5.74, 6) is 0.880. The van der Waals surface area contributed by atoms with Gasteiger partial charge in [-0.1, -0.05) is 12.8 Å². The number of amides is 2. The molecule has 0 spiro atoms. The molecule has 0 unspecified atom stereocenters. The Hall–Kier alpha value is -1.18. The first-order valence-electron chi connectivity index (χ1n) is 12.2. The van der Waals surface area contributed by atoms with Crippen LogP contribution in [0.5, 0.6) is 0 Å². The summed E-state index contributed by atoms with van der Waals surface area (Å²) in [6.45, 7) is 7.72. The fourth-order valence-corrected chi connectivity index (χ4v) is 5.78. The molecule has 0 saturated carbocycles. The minimum absolute atomic E-state index is 0.0889. The van der Waals surface area contributed by atoms with Crippen LogP contribution in [0.15, 0.2) is 0 Å². The third-order valence-corrected chi connectivity index (χ3v) is 7.80. The number of likely N-dealkylation sites (N-methyl/N-ethyl adjacent to an activating group) is 1. The SMILES string of the molecule is CN1CCCCC[C@H]1C(=O)N1CCC(N2CCC(C(=O)N3CCOCC3)CC2)CC1. The largest absolute Gasteiger partial charge is 0.378 e. The highest BCUT2D eigenvalue weighted by Crippen LogP contribution is 2.26. The van der Waals surface area contributed by atoms with Crippen LogP contribution in [0.25, 0.3) is 0 Å². The lowest BCUT2D eigenvalue weighted by Crippen LogP contribution is -2.54. The van der Waals surface area contributed by atoms with Crippen molar-refractivity contribution in [3.05, 3.63) is 0 Å². The Labute approximate surface area is 181 Å². The predicted molar refractivity (Wildman–Crippen MR) is 116 cm³/mol. The van der Waals surface area contributed by atoms with E-state index >= 15 is 0 Å². The Morgan fingerprint density at radius 3 is 2.07 bits per heavy atom. The second kappa shape index (κ2) is 10.4. The highest BCUT2D eigenvalue weighted by atomic mass is 16.5. The molecular weight excluding hydrogens is 380 g/mol. The fraction of sp³-hybridized carbons (Fsp3) is 0.913. The van der Waals surface area contributed by atoms with Gasteiger partial charge in [0.05, 0.1) is 19.3 Å². The van der Waals surface area contributed by atoms with Crippen molar-refractivity contribution < 1.29 is 14.3 Å². The predicted octanol–water partition coefficient (Wildman–Crippen LogP) is 1.42. The molecule has 0 aromatic heterocycles. The Kier molecular flexibility index (Phi) is 7.65. The molecule has 0 radical (unpaired) electrons. The molecule has 170 valence electrons. The molecule has 7 heteroatoms. The van der Waals surface area contributed by atoms with Gasteiger partial charge < -0.3 is 19.4 Å². The minimum Gasteiger partial charge on any atom is -0.378 e. The summed E-state index contributed by atoms with van der Waals surface area (Å²) in [7, 11) is 2.11. The summed E-state index contributed by atoms with van der Waals surface area (Å²) in [5.41, 5.74) is 0. The molecule has 0 aliphatic carbocycles. The normalized spacial score (nSPS) is 29.0. The molecule has 4 saturated heterocycles. The second-order valence-corrected chi connectivity index (χ2v) is 9.65. The topological polar surface area (TPSA) is 56.3 Å². The molecule has 7 nitrogen and oxygen atoms in total. The molecule has 0 N–H and O–H groups in total. The second-order valence-electron chi connectivity index (χ2n) is 9.65. The molecule has 4 rings (SSSR count). The van der Waals surface area contributed by atoms with Crippen molar-refractivity contribution in [2.75, 3.05) is 66.1 Å². The standard InChI is InChI=1S/C23H40N4O3/c1-24-10-4-2-3-5-21(24)23(29)26-13-8-20(9-14-26)25-11-6-19(7-12-25)22(28)27-15-17-30-18-16-27/h19-21H,2-18H2,1H3/t21-/m0/s1. The van der Waals surface area contributed by atoms with Crippen LogP contribution in [0, 0.1) is 5.92 Å². The lowest BCUT2D eigenvalue weighted by Gasteiger charge is -2.43. The maximum atomic E-state index is 13.1. The van der Waals surface area contributed by atoms with Gasteiger partial charge >= 0.3 is 0 Å². The summed E-state index contributed by atoms with van der Waals surface area (Å²) in [6.07, 6.45) is 8.75. The van der Waals surface area contributed by atoms with Crippen LogP contribution in [-0.2, 0) is 14.3 Å². The van der Waals surface area contributed by atoms with Crippen LogP contribution in [0.3, 0.4) is 0 Å². The van der Waals surface area contributed by atoms with E-state index in [9.17, 15) is 9.59 Å². The molecule has 1 atom stereocenters. The first kappa shape index (κ1) is 22.0. The van der Waals surface area contributed by atoms with Crippen molar-refractivity contribution in [2.24, 2.45) is 5.92 Å². The van der Waals surface area contributed by atoms with Crippen LogP contribution < -0.4 is 0 Å². The number of carbonyl (C=O) groups excluding carboxylic acids is 2. The van der Waals surface area contributed by atoms with E-state index in [4.69, 9.17) is 4.74 Å². The van der Waals surface area contributed by atoms with Gasteiger partial charge in [0.1, 0.15) is 0 Å². The quantitative estimate of drug-likeness (QED) is 0.691. The zero-order valence-corrected chi connectivity index (χ0v) is 18.8. The van der Waals surface area contributed by atoms with E-state index in [2.05, 4.69) is 21.7 Å². The van der Waals surface area contributed by atoms with Crippen molar-refractivity contribution in [1.29, 1.82) is 0 Å². The Bertz CT molecular complexity index is 579. The molecule has 0 bridgehead atoms. The summed E-state index contributed by atoms with van der Waals surface area (Å²) in [4.78, 5) is 34.8. The van der Waals surface area contributed by atoms with Gasteiger partial charge in [-0.3, -0.25) is 14.5 Å². The van der Waals surface area contributed by atoms with Crippen LogP contribution in [0.4, 0.5) is 0 Å².